The van der Waals surface area contributed by atoms with Gasteiger partial charge in [-0.3, -0.25) is 9.89 Å². The summed E-state index contributed by atoms with van der Waals surface area (Å²) in [6.45, 7) is 8.78. The van der Waals surface area contributed by atoms with Crippen molar-refractivity contribution < 1.29 is 4.74 Å². The summed E-state index contributed by atoms with van der Waals surface area (Å²) in [6.07, 6.45) is 2.16. The number of rotatable bonds is 8. The van der Waals surface area contributed by atoms with E-state index in [1.54, 1.807) is 11.3 Å². The Labute approximate surface area is 160 Å². The molecule has 0 spiro atoms. The van der Waals surface area contributed by atoms with E-state index < -0.39 is 0 Å². The number of nitrogens with zero attached hydrogens (tertiary/aromatic N) is 2. The Morgan fingerprint density at radius 1 is 1.48 bits per heavy atom. The predicted molar refractivity (Wildman–Crippen MR) is 109 cm³/mol. The molecule has 0 amide bonds. The summed E-state index contributed by atoms with van der Waals surface area (Å²) in [6, 6.07) is 4.28. The molecule has 0 saturated carbocycles. The first-order valence-electron chi connectivity index (χ1n) is 8.10. The Bertz CT molecular complexity index is 435. The molecule has 1 unspecified atom stereocenters. The Hall–Kier alpha value is -0.380. The number of halogens is 1. The third kappa shape index (κ3) is 8.88. The van der Waals surface area contributed by atoms with Crippen molar-refractivity contribution in [2.75, 3.05) is 45.9 Å². The average molecular weight is 452 g/mol. The standard InChI is InChI=1S/C16H28N4OS.HI/c1-14(12-15-4-2-11-22-15)13-19-16(17)18-5-3-6-20-7-9-21-10-8-20;/h2,4,11,14H,3,5-10,12-13H2,1H3,(H3,17,18,19);1H. The summed E-state index contributed by atoms with van der Waals surface area (Å²) in [7, 11) is 0. The van der Waals surface area contributed by atoms with Crippen LogP contribution in [0.5, 0.6) is 0 Å². The molecule has 2 heterocycles. The van der Waals surface area contributed by atoms with Crippen LogP contribution < -0.4 is 11.1 Å². The summed E-state index contributed by atoms with van der Waals surface area (Å²) in [5, 5.41) is 5.33. The lowest BCUT2D eigenvalue weighted by atomic mass is 10.1. The van der Waals surface area contributed by atoms with E-state index in [2.05, 4.69) is 39.6 Å². The molecule has 1 aliphatic rings. The molecule has 132 valence electrons. The molecule has 7 heteroatoms. The van der Waals surface area contributed by atoms with Gasteiger partial charge in [0.25, 0.3) is 0 Å². The minimum atomic E-state index is 0. The van der Waals surface area contributed by atoms with Crippen LogP contribution in [0, 0.1) is 5.92 Å². The molecule has 0 bridgehead atoms. The van der Waals surface area contributed by atoms with Gasteiger partial charge in [-0.25, -0.2) is 0 Å². The lowest BCUT2D eigenvalue weighted by Crippen LogP contribution is -2.39. The van der Waals surface area contributed by atoms with E-state index in [1.165, 1.54) is 4.88 Å². The smallest absolute Gasteiger partial charge is 0.188 e. The number of guanidine groups is 1. The summed E-state index contributed by atoms with van der Waals surface area (Å²) >= 11 is 1.81. The summed E-state index contributed by atoms with van der Waals surface area (Å²) in [4.78, 5) is 8.29. The van der Waals surface area contributed by atoms with Gasteiger partial charge >= 0.3 is 0 Å². The Balaban J connectivity index is 0.00000264. The fraction of sp³-hybridized carbons (Fsp3) is 0.688. The van der Waals surface area contributed by atoms with E-state index in [1.807, 2.05) is 0 Å². The molecule has 0 radical (unpaired) electrons. The second kappa shape index (κ2) is 12.0. The van der Waals surface area contributed by atoms with Crippen LogP contribution in [0.25, 0.3) is 0 Å². The van der Waals surface area contributed by atoms with E-state index >= 15 is 0 Å². The van der Waals surface area contributed by atoms with Gasteiger partial charge in [0, 0.05) is 31.1 Å². The van der Waals surface area contributed by atoms with E-state index in [9.17, 15) is 0 Å². The first kappa shape index (κ1) is 20.7. The molecule has 1 atom stereocenters. The van der Waals surface area contributed by atoms with E-state index in [-0.39, 0.29) is 24.0 Å². The molecular formula is C16H29IN4OS. The maximum atomic E-state index is 5.92. The van der Waals surface area contributed by atoms with Gasteiger partial charge in [0.2, 0.25) is 0 Å². The third-order valence-corrected chi connectivity index (χ3v) is 4.66. The molecule has 0 aliphatic carbocycles. The molecule has 1 aromatic rings. The minimum absolute atomic E-state index is 0. The van der Waals surface area contributed by atoms with Crippen LogP contribution in [-0.4, -0.2) is 56.8 Å². The average Bonchev–Trinajstić information content (AvgIpc) is 3.03. The number of hydrogen-bond donors (Lipinski definition) is 2. The Morgan fingerprint density at radius 2 is 2.26 bits per heavy atom. The Morgan fingerprint density at radius 3 is 2.96 bits per heavy atom. The largest absolute Gasteiger partial charge is 0.379 e. The molecule has 2 rings (SSSR count). The zero-order valence-corrected chi connectivity index (χ0v) is 17.0. The van der Waals surface area contributed by atoms with E-state index in [0.29, 0.717) is 11.9 Å². The van der Waals surface area contributed by atoms with Gasteiger partial charge in [-0.1, -0.05) is 13.0 Å². The van der Waals surface area contributed by atoms with Gasteiger partial charge in [0.1, 0.15) is 0 Å². The summed E-state index contributed by atoms with van der Waals surface area (Å²) < 4.78 is 5.34. The SMILES string of the molecule is CC(CN=C(N)NCCCN1CCOCC1)Cc1cccs1.I. The highest BCUT2D eigenvalue weighted by molar-refractivity contribution is 14.0. The van der Waals surface area contributed by atoms with Crippen molar-refractivity contribution in [1.29, 1.82) is 0 Å². The van der Waals surface area contributed by atoms with Crippen LogP contribution in [0.15, 0.2) is 22.5 Å². The maximum Gasteiger partial charge on any atom is 0.188 e. The molecule has 0 aromatic carbocycles. The van der Waals surface area contributed by atoms with Gasteiger partial charge < -0.3 is 15.8 Å². The Kier molecular flexibility index (Phi) is 10.8. The molecular weight excluding hydrogens is 423 g/mol. The monoisotopic (exact) mass is 452 g/mol. The number of thiophene rings is 1. The number of aliphatic imine (C=N–C) groups is 1. The molecule has 1 saturated heterocycles. The van der Waals surface area contributed by atoms with Crippen molar-refractivity contribution in [2.24, 2.45) is 16.6 Å². The molecule has 3 N–H and O–H groups in total. The third-order valence-electron chi connectivity index (χ3n) is 3.76. The highest BCUT2D eigenvalue weighted by Crippen LogP contribution is 2.14. The lowest BCUT2D eigenvalue weighted by molar-refractivity contribution is 0.0376. The molecule has 1 aliphatic heterocycles. The zero-order valence-electron chi connectivity index (χ0n) is 13.9. The van der Waals surface area contributed by atoms with Crippen molar-refractivity contribution in [3.05, 3.63) is 22.4 Å². The lowest BCUT2D eigenvalue weighted by Gasteiger charge is -2.26. The van der Waals surface area contributed by atoms with E-state index in [0.717, 1.165) is 58.8 Å². The fourth-order valence-electron chi connectivity index (χ4n) is 2.49. The predicted octanol–water partition coefficient (Wildman–Crippen LogP) is 2.17. The van der Waals surface area contributed by atoms with Crippen molar-refractivity contribution >= 4 is 41.3 Å². The number of nitrogens with one attached hydrogen (secondary N) is 1. The first-order chi connectivity index (χ1) is 10.7. The highest BCUT2D eigenvalue weighted by atomic mass is 127. The summed E-state index contributed by atoms with van der Waals surface area (Å²) in [5.41, 5.74) is 5.92. The van der Waals surface area contributed by atoms with Gasteiger partial charge in [0.15, 0.2) is 5.96 Å². The van der Waals surface area contributed by atoms with E-state index in [4.69, 9.17) is 10.5 Å². The van der Waals surface area contributed by atoms with Crippen LogP contribution >= 0.6 is 35.3 Å². The fourth-order valence-corrected chi connectivity index (χ4v) is 3.36. The molecule has 1 aromatic heterocycles. The van der Waals surface area contributed by atoms with Gasteiger partial charge in [0.05, 0.1) is 13.2 Å². The molecule has 5 nitrogen and oxygen atoms in total. The number of hydrogen-bond acceptors (Lipinski definition) is 4. The number of morpholine rings is 1. The quantitative estimate of drug-likeness (QED) is 0.275. The van der Waals surface area contributed by atoms with Crippen molar-refractivity contribution in [2.45, 2.75) is 19.8 Å². The summed E-state index contributed by atoms with van der Waals surface area (Å²) in [5.74, 6) is 1.09. The van der Waals surface area contributed by atoms with Crippen LogP contribution in [0.2, 0.25) is 0 Å². The van der Waals surface area contributed by atoms with Gasteiger partial charge in [-0.05, 0) is 36.8 Å². The van der Waals surface area contributed by atoms with Crippen molar-refractivity contribution in [1.82, 2.24) is 10.2 Å². The maximum absolute atomic E-state index is 5.92. The van der Waals surface area contributed by atoms with Gasteiger partial charge in [-0.15, -0.1) is 35.3 Å². The van der Waals surface area contributed by atoms with Crippen LogP contribution in [0.4, 0.5) is 0 Å². The second-order valence-electron chi connectivity index (χ2n) is 5.85. The molecule has 1 fully saturated rings. The van der Waals surface area contributed by atoms with Crippen molar-refractivity contribution in [3.63, 3.8) is 0 Å². The zero-order chi connectivity index (χ0) is 15.6. The number of nitrogens with two attached hydrogens (primary N) is 1. The topological polar surface area (TPSA) is 62.9 Å². The molecule has 23 heavy (non-hydrogen) atoms. The second-order valence-corrected chi connectivity index (χ2v) is 6.88. The normalized spacial score (nSPS) is 17.5. The van der Waals surface area contributed by atoms with Crippen LogP contribution in [-0.2, 0) is 11.2 Å². The van der Waals surface area contributed by atoms with Crippen LogP contribution in [0.1, 0.15) is 18.2 Å². The highest BCUT2D eigenvalue weighted by Gasteiger charge is 2.09. The van der Waals surface area contributed by atoms with Gasteiger partial charge in [-0.2, -0.15) is 0 Å². The number of ether oxygens (including phenoxy) is 1. The minimum Gasteiger partial charge on any atom is -0.379 e. The van der Waals surface area contributed by atoms with Crippen LogP contribution in [0.3, 0.4) is 0 Å². The first-order valence-corrected chi connectivity index (χ1v) is 8.98. The van der Waals surface area contributed by atoms with Crippen molar-refractivity contribution in [3.8, 4) is 0 Å².